The first kappa shape index (κ1) is 12.2. The van der Waals surface area contributed by atoms with Gasteiger partial charge >= 0.3 is 24.3 Å². The van der Waals surface area contributed by atoms with Crippen LogP contribution in [-0.2, 0) is 24.3 Å². The number of hydrogen-bond acceptors (Lipinski definition) is 1. The molecule has 0 aromatic rings. The molecule has 0 saturated heterocycles. The van der Waals surface area contributed by atoms with Gasteiger partial charge in [0.05, 0.1) is 0 Å². The molecule has 0 heterocycles. The summed E-state index contributed by atoms with van der Waals surface area (Å²) in [6, 6.07) is 0. The van der Waals surface area contributed by atoms with Crippen LogP contribution in [0.4, 0.5) is 0 Å². The molecule has 0 aliphatic heterocycles. The Bertz CT molecular complexity index is 38.7. The van der Waals surface area contributed by atoms with Crippen molar-refractivity contribution in [2.75, 3.05) is 0 Å². The molecule has 2 heteroatoms. The van der Waals surface area contributed by atoms with Crippen molar-refractivity contribution in [3.8, 4) is 0 Å². The zero-order chi connectivity index (χ0) is 7.70. The predicted octanol–water partition coefficient (Wildman–Crippen LogP) is 2.67. The summed E-state index contributed by atoms with van der Waals surface area (Å²) in [6.07, 6.45) is 3.81. The summed E-state index contributed by atoms with van der Waals surface area (Å²) in [7, 11) is 0. The third kappa shape index (κ3) is 8.54. The van der Waals surface area contributed by atoms with E-state index in [1.165, 1.54) is 19.3 Å². The number of rotatable bonds is 3. The minimum atomic E-state index is 0.500. The van der Waals surface area contributed by atoms with Gasteiger partial charge < -0.3 is 5.92 Å². The van der Waals surface area contributed by atoms with Gasteiger partial charge in [-0.1, -0.05) is 20.8 Å². The fourth-order valence-corrected chi connectivity index (χ4v) is 0.750. The van der Waals surface area contributed by atoms with Crippen LogP contribution in [0.1, 0.15) is 40.0 Å². The van der Waals surface area contributed by atoms with E-state index in [-0.39, 0.29) is 0 Å². The van der Waals surface area contributed by atoms with Crippen LogP contribution in [0.5, 0.6) is 0 Å². The molecule has 1 nitrogen and oxygen atoms in total. The Morgan fingerprint density at radius 1 is 1.00 bits per heavy atom. The van der Waals surface area contributed by atoms with Gasteiger partial charge in [0.15, 0.2) is 0 Å². The first-order valence-corrected chi connectivity index (χ1v) is 4.26. The van der Waals surface area contributed by atoms with Gasteiger partial charge in [0.1, 0.15) is 0 Å². The molecular formula is C7H15NbO-. The molecule has 0 aliphatic rings. The van der Waals surface area contributed by atoms with Crippen LogP contribution >= 0.6 is 0 Å². The molecule has 0 saturated carbocycles. The Kier molecular flexibility index (Phi) is 15.4. The molecular weight excluding hydrogens is 193 g/mol. The molecule has 0 bridgehead atoms. The van der Waals surface area contributed by atoms with Crippen molar-refractivity contribution in [3.05, 3.63) is 5.92 Å². The maximum absolute atomic E-state index is 8.30. The van der Waals surface area contributed by atoms with Crippen molar-refractivity contribution in [1.82, 2.24) is 0 Å². The zero-order valence-corrected chi connectivity index (χ0v) is 8.68. The molecule has 9 heavy (non-hydrogen) atoms. The van der Waals surface area contributed by atoms with Crippen LogP contribution < -0.4 is 0 Å². The van der Waals surface area contributed by atoms with Gasteiger partial charge in [-0.15, -0.1) is 0 Å². The molecule has 55 valence electrons. The summed E-state index contributed by atoms with van der Waals surface area (Å²) in [5.41, 5.74) is 0. The van der Waals surface area contributed by atoms with Crippen LogP contribution in [0.3, 0.4) is 0 Å². The second kappa shape index (κ2) is 11.4. The van der Waals surface area contributed by atoms with Gasteiger partial charge in [-0.3, -0.25) is 0 Å². The molecule has 0 spiro atoms. The van der Waals surface area contributed by atoms with Crippen LogP contribution in [0.15, 0.2) is 0 Å². The quantitative estimate of drug-likeness (QED) is 0.514. The van der Waals surface area contributed by atoms with E-state index < -0.39 is 0 Å². The van der Waals surface area contributed by atoms with Crippen molar-refractivity contribution < 1.29 is 24.3 Å². The Balaban J connectivity index is 0. The second-order valence-corrected chi connectivity index (χ2v) is 1.81. The van der Waals surface area contributed by atoms with E-state index in [4.69, 9.17) is 3.25 Å². The average molecular weight is 208 g/mol. The van der Waals surface area contributed by atoms with Crippen molar-refractivity contribution >= 4 is 0 Å². The fourth-order valence-electron chi connectivity index (χ4n) is 0.750. The van der Waals surface area contributed by atoms with Crippen LogP contribution in [-0.4, -0.2) is 0 Å². The van der Waals surface area contributed by atoms with E-state index in [0.29, 0.717) is 21.0 Å². The third-order valence-corrected chi connectivity index (χ3v) is 1.50. The summed E-state index contributed by atoms with van der Waals surface area (Å²) >= 11 is 0.500. The SMILES string of the molecule is CC[C-](CC)CC.[O]=[Nb]. The Labute approximate surface area is 70.5 Å². The van der Waals surface area contributed by atoms with Crippen molar-refractivity contribution in [3.63, 3.8) is 0 Å². The summed E-state index contributed by atoms with van der Waals surface area (Å²) in [5, 5.41) is 0. The summed E-state index contributed by atoms with van der Waals surface area (Å²) in [4.78, 5) is 0. The van der Waals surface area contributed by atoms with Crippen LogP contribution in [0, 0.1) is 5.92 Å². The molecule has 0 unspecified atom stereocenters. The van der Waals surface area contributed by atoms with Crippen LogP contribution in [0.2, 0.25) is 0 Å². The molecule has 0 rings (SSSR count). The van der Waals surface area contributed by atoms with Crippen molar-refractivity contribution in [1.29, 1.82) is 0 Å². The zero-order valence-electron chi connectivity index (χ0n) is 6.48. The van der Waals surface area contributed by atoms with E-state index in [1.807, 2.05) is 0 Å². The summed E-state index contributed by atoms with van der Waals surface area (Å²) < 4.78 is 8.30. The van der Waals surface area contributed by atoms with Gasteiger partial charge in [0.25, 0.3) is 0 Å². The van der Waals surface area contributed by atoms with Crippen molar-refractivity contribution in [2.24, 2.45) is 0 Å². The van der Waals surface area contributed by atoms with E-state index in [2.05, 4.69) is 20.8 Å². The van der Waals surface area contributed by atoms with Crippen LogP contribution in [0.25, 0.3) is 0 Å². The number of hydrogen-bond donors (Lipinski definition) is 0. The van der Waals surface area contributed by atoms with Gasteiger partial charge in [-0.25, -0.2) is 0 Å². The van der Waals surface area contributed by atoms with Gasteiger partial charge in [0.2, 0.25) is 0 Å². The monoisotopic (exact) mass is 208 g/mol. The van der Waals surface area contributed by atoms with E-state index in [9.17, 15) is 0 Å². The molecule has 0 amide bonds. The minimum absolute atomic E-state index is 0.500. The van der Waals surface area contributed by atoms with Gasteiger partial charge in [-0.05, 0) is 0 Å². The third-order valence-electron chi connectivity index (χ3n) is 1.50. The Morgan fingerprint density at radius 3 is 1.22 bits per heavy atom. The standard InChI is InChI=1S/C7H15.Nb.O/c1-4-7(5-2)6-3;;/h4-6H2,1-3H3;;/q-1;;. The summed E-state index contributed by atoms with van der Waals surface area (Å²) in [5.74, 6) is 1.68. The maximum atomic E-state index is 8.30. The Morgan fingerprint density at radius 2 is 1.22 bits per heavy atom. The predicted molar refractivity (Wildman–Crippen MR) is 34.8 cm³/mol. The Hall–Kier alpha value is 0.540. The molecule has 0 atom stereocenters. The van der Waals surface area contributed by atoms with Gasteiger partial charge in [-0.2, -0.15) is 19.3 Å². The first-order valence-electron chi connectivity index (χ1n) is 3.36. The first-order chi connectivity index (χ1) is 4.35. The van der Waals surface area contributed by atoms with Gasteiger partial charge in [0, 0.05) is 0 Å². The van der Waals surface area contributed by atoms with E-state index >= 15 is 0 Å². The van der Waals surface area contributed by atoms with E-state index in [1.54, 1.807) is 5.92 Å². The second-order valence-electron chi connectivity index (χ2n) is 1.81. The average Bonchev–Trinajstić information content (AvgIpc) is 1.96. The molecule has 0 radical (unpaired) electrons. The molecule has 0 N–H and O–H groups in total. The molecule has 0 fully saturated rings. The molecule has 0 aromatic heterocycles. The molecule has 0 aliphatic carbocycles. The fraction of sp³-hybridized carbons (Fsp3) is 0.857. The van der Waals surface area contributed by atoms with Crippen molar-refractivity contribution in [2.45, 2.75) is 40.0 Å². The summed E-state index contributed by atoms with van der Waals surface area (Å²) in [6.45, 7) is 6.67. The molecule has 0 aromatic carbocycles. The normalized spacial score (nSPS) is 8.33. The topological polar surface area (TPSA) is 17.1 Å². The van der Waals surface area contributed by atoms with E-state index in [0.717, 1.165) is 0 Å².